The predicted molar refractivity (Wildman–Crippen MR) is 94.2 cm³/mol. The van der Waals surface area contributed by atoms with Crippen LogP contribution in [-0.4, -0.2) is 36.1 Å². The summed E-state index contributed by atoms with van der Waals surface area (Å²) in [4.78, 5) is 13.8. The van der Waals surface area contributed by atoms with Crippen molar-refractivity contribution < 1.29 is 0 Å². The van der Waals surface area contributed by atoms with Gasteiger partial charge in [0.05, 0.1) is 11.6 Å². The van der Waals surface area contributed by atoms with Gasteiger partial charge < -0.3 is 9.80 Å². The van der Waals surface area contributed by atoms with E-state index in [0.717, 1.165) is 31.2 Å². The van der Waals surface area contributed by atoms with E-state index in [1.165, 1.54) is 18.5 Å². The van der Waals surface area contributed by atoms with Crippen molar-refractivity contribution in [2.45, 2.75) is 31.2 Å². The summed E-state index contributed by atoms with van der Waals surface area (Å²) < 4.78 is 0. The summed E-state index contributed by atoms with van der Waals surface area (Å²) in [5.74, 6) is 2.61. The number of rotatable bonds is 4. The molecule has 1 aliphatic carbocycles. The predicted octanol–water partition coefficient (Wildman–Crippen LogP) is 2.94. The molecule has 2 heterocycles. The van der Waals surface area contributed by atoms with Gasteiger partial charge >= 0.3 is 0 Å². The highest BCUT2D eigenvalue weighted by molar-refractivity contribution is 5.52. The van der Waals surface area contributed by atoms with Crippen LogP contribution in [0.2, 0.25) is 0 Å². The van der Waals surface area contributed by atoms with Gasteiger partial charge in [-0.05, 0) is 49.6 Å². The lowest BCUT2D eigenvalue weighted by atomic mass is 10.2. The summed E-state index contributed by atoms with van der Waals surface area (Å²) in [6.07, 6.45) is 5.45. The molecular formula is C19H21N5. The van der Waals surface area contributed by atoms with Crippen molar-refractivity contribution in [3.63, 3.8) is 0 Å². The molecule has 0 radical (unpaired) electrons. The standard InChI is InChI=1S/C19H21N5/c1-23(18-8-10-21-19(22-18)15-4-5-15)17-9-11-24(13-17)16-6-2-14(12-20)3-7-16/h2-3,6-8,10,15,17H,4-5,9,11,13H2,1H3. The maximum absolute atomic E-state index is 8.92. The molecule has 1 aromatic heterocycles. The second-order valence-electron chi connectivity index (χ2n) is 6.71. The van der Waals surface area contributed by atoms with Crippen LogP contribution in [0.5, 0.6) is 0 Å². The van der Waals surface area contributed by atoms with Crippen molar-refractivity contribution in [2.75, 3.05) is 29.9 Å². The van der Waals surface area contributed by atoms with Crippen molar-refractivity contribution in [2.24, 2.45) is 0 Å². The molecule has 0 amide bonds. The zero-order valence-electron chi connectivity index (χ0n) is 13.9. The lowest BCUT2D eigenvalue weighted by Gasteiger charge is -2.26. The Kier molecular flexibility index (Phi) is 3.81. The Morgan fingerprint density at radius 2 is 1.96 bits per heavy atom. The molecule has 1 saturated heterocycles. The monoisotopic (exact) mass is 319 g/mol. The number of anilines is 2. The normalized spacial score (nSPS) is 20.0. The number of likely N-dealkylation sites (N-methyl/N-ethyl adjacent to an activating group) is 1. The molecule has 2 fully saturated rings. The SMILES string of the molecule is CN(c1ccnc(C2CC2)n1)C1CCN(c2ccc(C#N)cc2)C1. The first-order valence-electron chi connectivity index (χ1n) is 8.55. The van der Waals surface area contributed by atoms with Gasteiger partial charge in [0.1, 0.15) is 11.6 Å². The third-order valence-electron chi connectivity index (χ3n) is 5.04. The lowest BCUT2D eigenvalue weighted by molar-refractivity contribution is 0.680. The maximum atomic E-state index is 8.92. The van der Waals surface area contributed by atoms with E-state index in [9.17, 15) is 0 Å². The number of benzene rings is 1. The molecule has 1 aromatic carbocycles. The summed E-state index contributed by atoms with van der Waals surface area (Å²) in [5, 5.41) is 8.92. The second-order valence-corrected chi connectivity index (χ2v) is 6.71. The van der Waals surface area contributed by atoms with E-state index in [1.807, 2.05) is 36.5 Å². The van der Waals surface area contributed by atoms with Gasteiger partial charge in [-0.2, -0.15) is 5.26 Å². The van der Waals surface area contributed by atoms with Gasteiger partial charge in [-0.25, -0.2) is 9.97 Å². The molecule has 1 unspecified atom stereocenters. The van der Waals surface area contributed by atoms with Gasteiger partial charge in [-0.15, -0.1) is 0 Å². The zero-order valence-corrected chi connectivity index (χ0v) is 13.9. The quantitative estimate of drug-likeness (QED) is 0.867. The zero-order chi connectivity index (χ0) is 16.5. The third-order valence-corrected chi connectivity index (χ3v) is 5.04. The van der Waals surface area contributed by atoms with Crippen LogP contribution in [0, 0.1) is 11.3 Å². The number of hydrogen-bond acceptors (Lipinski definition) is 5. The van der Waals surface area contributed by atoms with Crippen molar-refractivity contribution in [3.8, 4) is 6.07 Å². The minimum atomic E-state index is 0.447. The molecule has 0 N–H and O–H groups in total. The highest BCUT2D eigenvalue weighted by atomic mass is 15.3. The molecule has 1 aliphatic heterocycles. The lowest BCUT2D eigenvalue weighted by Crippen LogP contribution is -2.35. The Bertz CT molecular complexity index is 760. The topological polar surface area (TPSA) is 56.1 Å². The van der Waals surface area contributed by atoms with E-state index in [-0.39, 0.29) is 0 Å². The van der Waals surface area contributed by atoms with Gasteiger partial charge in [0.2, 0.25) is 0 Å². The fourth-order valence-electron chi connectivity index (χ4n) is 3.32. The Morgan fingerprint density at radius 3 is 2.67 bits per heavy atom. The van der Waals surface area contributed by atoms with Crippen molar-refractivity contribution >= 4 is 11.5 Å². The summed E-state index contributed by atoms with van der Waals surface area (Å²) in [7, 11) is 2.13. The van der Waals surface area contributed by atoms with E-state index in [4.69, 9.17) is 10.2 Å². The Labute approximate surface area is 142 Å². The Hall–Kier alpha value is -2.61. The van der Waals surface area contributed by atoms with Crippen LogP contribution in [-0.2, 0) is 0 Å². The van der Waals surface area contributed by atoms with Crippen molar-refractivity contribution in [3.05, 3.63) is 47.9 Å². The van der Waals surface area contributed by atoms with Crippen molar-refractivity contribution in [1.29, 1.82) is 5.26 Å². The Morgan fingerprint density at radius 1 is 1.17 bits per heavy atom. The molecule has 0 spiro atoms. The first kappa shape index (κ1) is 14.9. The summed E-state index contributed by atoms with van der Waals surface area (Å²) >= 11 is 0. The average molecular weight is 319 g/mol. The van der Waals surface area contributed by atoms with Gasteiger partial charge in [0.15, 0.2) is 0 Å². The number of hydrogen-bond donors (Lipinski definition) is 0. The highest BCUT2D eigenvalue weighted by Crippen LogP contribution is 2.38. The molecular weight excluding hydrogens is 298 g/mol. The minimum Gasteiger partial charge on any atom is -0.369 e. The Balaban J connectivity index is 1.45. The van der Waals surface area contributed by atoms with E-state index in [2.05, 4.69) is 27.9 Å². The van der Waals surface area contributed by atoms with Gasteiger partial charge in [0.25, 0.3) is 0 Å². The molecule has 0 bridgehead atoms. The molecule has 24 heavy (non-hydrogen) atoms. The molecule has 1 saturated carbocycles. The summed E-state index contributed by atoms with van der Waals surface area (Å²) in [5.41, 5.74) is 1.89. The van der Waals surface area contributed by atoms with Crippen LogP contribution < -0.4 is 9.80 Å². The molecule has 4 rings (SSSR count). The first-order valence-corrected chi connectivity index (χ1v) is 8.55. The second kappa shape index (κ2) is 6.12. The van der Waals surface area contributed by atoms with E-state index in [1.54, 1.807) is 0 Å². The minimum absolute atomic E-state index is 0.447. The van der Waals surface area contributed by atoms with Crippen LogP contribution in [0.1, 0.15) is 36.6 Å². The fraction of sp³-hybridized carbons (Fsp3) is 0.421. The van der Waals surface area contributed by atoms with Crippen LogP contribution in [0.25, 0.3) is 0 Å². The number of nitrogens with zero attached hydrogens (tertiary/aromatic N) is 5. The molecule has 122 valence electrons. The molecule has 5 nitrogen and oxygen atoms in total. The largest absolute Gasteiger partial charge is 0.369 e. The smallest absolute Gasteiger partial charge is 0.133 e. The third kappa shape index (κ3) is 2.92. The molecule has 2 aromatic rings. The van der Waals surface area contributed by atoms with Gasteiger partial charge in [-0.1, -0.05) is 0 Å². The van der Waals surface area contributed by atoms with Crippen LogP contribution in [0.15, 0.2) is 36.5 Å². The number of nitriles is 1. The first-order chi connectivity index (χ1) is 11.7. The van der Waals surface area contributed by atoms with E-state index < -0.39 is 0 Å². The highest BCUT2D eigenvalue weighted by Gasteiger charge is 2.29. The van der Waals surface area contributed by atoms with E-state index >= 15 is 0 Å². The number of aromatic nitrogens is 2. The van der Waals surface area contributed by atoms with Gasteiger partial charge in [0, 0.05) is 44.0 Å². The molecule has 1 atom stereocenters. The maximum Gasteiger partial charge on any atom is 0.133 e. The molecule has 5 heteroatoms. The van der Waals surface area contributed by atoms with Gasteiger partial charge in [-0.3, -0.25) is 0 Å². The van der Waals surface area contributed by atoms with Crippen LogP contribution in [0.4, 0.5) is 11.5 Å². The average Bonchev–Trinajstić information content (AvgIpc) is 3.38. The van der Waals surface area contributed by atoms with Crippen LogP contribution >= 0.6 is 0 Å². The van der Waals surface area contributed by atoms with Crippen LogP contribution in [0.3, 0.4) is 0 Å². The summed E-state index contributed by atoms with van der Waals surface area (Å²) in [6.45, 7) is 2.01. The van der Waals surface area contributed by atoms with E-state index in [0.29, 0.717) is 17.5 Å². The van der Waals surface area contributed by atoms with Crippen molar-refractivity contribution in [1.82, 2.24) is 9.97 Å². The summed E-state index contributed by atoms with van der Waals surface area (Å²) in [6, 6.07) is 12.5. The molecule has 2 aliphatic rings. The fourth-order valence-corrected chi connectivity index (χ4v) is 3.32.